The second-order valence-corrected chi connectivity index (χ2v) is 5.02. The quantitative estimate of drug-likeness (QED) is 0.880. The van der Waals surface area contributed by atoms with Crippen LogP contribution in [0.1, 0.15) is 24.1 Å². The van der Waals surface area contributed by atoms with Gasteiger partial charge in [-0.1, -0.05) is 54.1 Å². The summed E-state index contributed by atoms with van der Waals surface area (Å²) < 4.78 is 0. The number of carbonyl (C=O) groups excluding carboxylic acids is 1. The van der Waals surface area contributed by atoms with Crippen LogP contribution in [0.4, 0.5) is 4.79 Å². The molecule has 0 bridgehead atoms. The van der Waals surface area contributed by atoms with Crippen molar-refractivity contribution in [2.45, 2.75) is 19.5 Å². The average molecular weight is 289 g/mol. The van der Waals surface area contributed by atoms with E-state index in [-0.39, 0.29) is 12.1 Å². The lowest BCUT2D eigenvalue weighted by molar-refractivity contribution is 0.237. The molecule has 20 heavy (non-hydrogen) atoms. The number of amides is 2. The van der Waals surface area contributed by atoms with Crippen LogP contribution < -0.4 is 10.6 Å². The molecule has 0 radical (unpaired) electrons. The predicted molar refractivity (Wildman–Crippen MR) is 81.7 cm³/mol. The Hall–Kier alpha value is -2.00. The van der Waals surface area contributed by atoms with Crippen LogP contribution >= 0.6 is 11.6 Å². The molecule has 1 atom stereocenters. The van der Waals surface area contributed by atoms with Gasteiger partial charge in [0.2, 0.25) is 0 Å². The molecule has 0 aromatic heterocycles. The van der Waals surface area contributed by atoms with Crippen LogP contribution in [0, 0.1) is 0 Å². The van der Waals surface area contributed by atoms with Gasteiger partial charge in [0.25, 0.3) is 0 Å². The predicted octanol–water partition coefficient (Wildman–Crippen LogP) is 3.90. The van der Waals surface area contributed by atoms with Gasteiger partial charge in [-0.2, -0.15) is 0 Å². The first-order valence-corrected chi connectivity index (χ1v) is 6.86. The summed E-state index contributed by atoms with van der Waals surface area (Å²) in [5.41, 5.74) is 2.09. The second-order valence-electron chi connectivity index (χ2n) is 4.59. The molecule has 0 spiro atoms. The van der Waals surface area contributed by atoms with Crippen LogP contribution in [0.15, 0.2) is 54.6 Å². The highest BCUT2D eigenvalue weighted by Gasteiger charge is 2.08. The summed E-state index contributed by atoms with van der Waals surface area (Å²) in [6.07, 6.45) is 0. The third-order valence-corrected chi connectivity index (χ3v) is 3.27. The van der Waals surface area contributed by atoms with E-state index in [0.717, 1.165) is 11.1 Å². The van der Waals surface area contributed by atoms with Crippen LogP contribution in [-0.2, 0) is 6.54 Å². The summed E-state index contributed by atoms with van der Waals surface area (Å²) in [6.45, 7) is 2.43. The van der Waals surface area contributed by atoms with Crippen molar-refractivity contribution in [1.82, 2.24) is 10.6 Å². The fraction of sp³-hybridized carbons (Fsp3) is 0.188. The highest BCUT2D eigenvalue weighted by Crippen LogP contribution is 2.11. The number of carbonyl (C=O) groups is 1. The largest absolute Gasteiger partial charge is 0.334 e. The Morgan fingerprint density at radius 3 is 2.40 bits per heavy atom. The standard InChI is InChI=1S/C16H17ClN2O/c1-12(14-5-3-2-4-6-14)19-16(20)18-11-13-7-9-15(17)10-8-13/h2-10,12H,11H2,1H3,(H2,18,19,20). The Bertz CT molecular complexity index is 554. The Morgan fingerprint density at radius 1 is 1.10 bits per heavy atom. The van der Waals surface area contributed by atoms with E-state index in [9.17, 15) is 4.79 Å². The SMILES string of the molecule is CC(NC(=O)NCc1ccc(Cl)cc1)c1ccccc1. The molecule has 104 valence electrons. The number of nitrogens with one attached hydrogen (secondary N) is 2. The first-order chi connectivity index (χ1) is 9.65. The summed E-state index contributed by atoms with van der Waals surface area (Å²) >= 11 is 5.81. The Balaban J connectivity index is 1.82. The van der Waals surface area contributed by atoms with Crippen molar-refractivity contribution < 1.29 is 4.79 Å². The first-order valence-electron chi connectivity index (χ1n) is 6.49. The van der Waals surface area contributed by atoms with E-state index in [4.69, 9.17) is 11.6 Å². The number of rotatable bonds is 4. The van der Waals surface area contributed by atoms with Crippen molar-refractivity contribution in [3.63, 3.8) is 0 Å². The van der Waals surface area contributed by atoms with Crippen molar-refractivity contribution in [3.8, 4) is 0 Å². The van der Waals surface area contributed by atoms with Gasteiger partial charge in [0.15, 0.2) is 0 Å². The maximum Gasteiger partial charge on any atom is 0.315 e. The number of benzene rings is 2. The van der Waals surface area contributed by atoms with Crippen LogP contribution in [-0.4, -0.2) is 6.03 Å². The minimum Gasteiger partial charge on any atom is -0.334 e. The van der Waals surface area contributed by atoms with Gasteiger partial charge in [-0.3, -0.25) is 0 Å². The molecule has 2 rings (SSSR count). The molecular weight excluding hydrogens is 272 g/mol. The number of hydrogen-bond acceptors (Lipinski definition) is 1. The summed E-state index contributed by atoms with van der Waals surface area (Å²) in [4.78, 5) is 11.8. The number of halogens is 1. The molecule has 2 aromatic rings. The zero-order valence-corrected chi connectivity index (χ0v) is 12.0. The minimum absolute atomic E-state index is 0.0265. The van der Waals surface area contributed by atoms with Crippen LogP contribution in [0.2, 0.25) is 5.02 Å². The average Bonchev–Trinajstić information content (AvgIpc) is 2.47. The molecule has 1 unspecified atom stereocenters. The molecule has 0 saturated heterocycles. The third-order valence-electron chi connectivity index (χ3n) is 3.01. The lowest BCUT2D eigenvalue weighted by atomic mass is 10.1. The summed E-state index contributed by atoms with van der Waals surface area (Å²) in [7, 11) is 0. The fourth-order valence-corrected chi connectivity index (χ4v) is 1.98. The Kier molecular flexibility index (Phi) is 5.02. The zero-order chi connectivity index (χ0) is 14.4. The smallest absolute Gasteiger partial charge is 0.315 e. The lowest BCUT2D eigenvalue weighted by Gasteiger charge is -2.15. The topological polar surface area (TPSA) is 41.1 Å². The van der Waals surface area contributed by atoms with E-state index in [2.05, 4.69) is 10.6 Å². The zero-order valence-electron chi connectivity index (χ0n) is 11.3. The molecule has 0 fully saturated rings. The maximum absolute atomic E-state index is 11.8. The molecule has 0 aliphatic rings. The maximum atomic E-state index is 11.8. The van der Waals surface area contributed by atoms with Gasteiger partial charge >= 0.3 is 6.03 Å². The highest BCUT2D eigenvalue weighted by atomic mass is 35.5. The fourth-order valence-electron chi connectivity index (χ4n) is 1.86. The second kappa shape index (κ2) is 6.96. The summed E-state index contributed by atoms with van der Waals surface area (Å²) in [6, 6.07) is 17.0. The van der Waals surface area contributed by atoms with Gasteiger partial charge in [0.1, 0.15) is 0 Å². The normalized spacial score (nSPS) is 11.7. The first kappa shape index (κ1) is 14.4. The van der Waals surface area contributed by atoms with Crippen molar-refractivity contribution in [2.24, 2.45) is 0 Å². The Labute approximate surface area is 124 Å². The van der Waals surface area contributed by atoms with E-state index >= 15 is 0 Å². The highest BCUT2D eigenvalue weighted by molar-refractivity contribution is 6.30. The van der Waals surface area contributed by atoms with Crippen LogP contribution in [0.3, 0.4) is 0 Å². The van der Waals surface area contributed by atoms with Crippen molar-refractivity contribution in [2.75, 3.05) is 0 Å². The summed E-state index contributed by atoms with van der Waals surface area (Å²) in [5.74, 6) is 0. The molecule has 0 aliphatic heterocycles. The molecule has 0 aliphatic carbocycles. The number of urea groups is 1. The third kappa shape index (κ3) is 4.28. The van der Waals surface area contributed by atoms with E-state index in [0.29, 0.717) is 11.6 Å². The van der Waals surface area contributed by atoms with Crippen molar-refractivity contribution >= 4 is 17.6 Å². The van der Waals surface area contributed by atoms with E-state index in [1.165, 1.54) is 0 Å². The van der Waals surface area contributed by atoms with Gasteiger partial charge < -0.3 is 10.6 Å². The van der Waals surface area contributed by atoms with Crippen LogP contribution in [0.25, 0.3) is 0 Å². The van der Waals surface area contributed by atoms with Crippen LogP contribution in [0.5, 0.6) is 0 Å². The van der Waals surface area contributed by atoms with Gasteiger partial charge in [0, 0.05) is 11.6 Å². The molecule has 2 N–H and O–H groups in total. The van der Waals surface area contributed by atoms with Crippen molar-refractivity contribution in [3.05, 3.63) is 70.7 Å². The molecular formula is C16H17ClN2O. The van der Waals surface area contributed by atoms with E-state index in [1.54, 1.807) is 0 Å². The molecule has 2 amide bonds. The van der Waals surface area contributed by atoms with E-state index in [1.807, 2.05) is 61.5 Å². The summed E-state index contributed by atoms with van der Waals surface area (Å²) in [5, 5.41) is 6.42. The number of hydrogen-bond donors (Lipinski definition) is 2. The Morgan fingerprint density at radius 2 is 1.75 bits per heavy atom. The molecule has 3 nitrogen and oxygen atoms in total. The monoisotopic (exact) mass is 288 g/mol. The lowest BCUT2D eigenvalue weighted by Crippen LogP contribution is -2.36. The van der Waals surface area contributed by atoms with Gasteiger partial charge in [-0.15, -0.1) is 0 Å². The van der Waals surface area contributed by atoms with Crippen molar-refractivity contribution in [1.29, 1.82) is 0 Å². The molecule has 4 heteroatoms. The van der Waals surface area contributed by atoms with Gasteiger partial charge in [-0.25, -0.2) is 4.79 Å². The van der Waals surface area contributed by atoms with Gasteiger partial charge in [-0.05, 0) is 30.2 Å². The van der Waals surface area contributed by atoms with E-state index < -0.39 is 0 Å². The molecule has 2 aromatic carbocycles. The minimum atomic E-state index is -0.184. The molecule has 0 saturated carbocycles. The molecule has 0 heterocycles. The van der Waals surface area contributed by atoms with Gasteiger partial charge in [0.05, 0.1) is 6.04 Å².